The Labute approximate surface area is 174 Å². The number of carbonyl (C=O) groups excluding carboxylic acids is 1. The summed E-state index contributed by atoms with van der Waals surface area (Å²) in [4.78, 5) is 18.8. The van der Waals surface area contributed by atoms with Gasteiger partial charge in [0.2, 0.25) is 17.6 Å². The van der Waals surface area contributed by atoms with E-state index in [9.17, 15) is 4.79 Å². The molecule has 7 heteroatoms. The fourth-order valence-corrected chi connectivity index (χ4v) is 3.56. The molecule has 1 saturated heterocycles. The number of ether oxygens (including phenoxy) is 1. The minimum Gasteiger partial charge on any atom is -0.494 e. The molecule has 1 atom stereocenters. The van der Waals surface area contributed by atoms with Crippen molar-refractivity contribution in [1.29, 1.82) is 0 Å². The summed E-state index contributed by atoms with van der Waals surface area (Å²) >= 11 is 6.03. The molecule has 1 aliphatic heterocycles. The van der Waals surface area contributed by atoms with Crippen LogP contribution < -0.4 is 4.74 Å². The third-order valence-electron chi connectivity index (χ3n) is 4.86. The highest BCUT2D eigenvalue weighted by Crippen LogP contribution is 2.30. The van der Waals surface area contributed by atoms with E-state index in [2.05, 4.69) is 17.1 Å². The van der Waals surface area contributed by atoms with Crippen LogP contribution in [0.3, 0.4) is 0 Å². The average molecular weight is 412 g/mol. The minimum atomic E-state index is -0.102. The van der Waals surface area contributed by atoms with Crippen molar-refractivity contribution in [2.24, 2.45) is 0 Å². The van der Waals surface area contributed by atoms with Crippen LogP contribution in [0.5, 0.6) is 5.75 Å². The molecule has 1 aromatic heterocycles. The van der Waals surface area contributed by atoms with Crippen molar-refractivity contribution in [2.75, 3.05) is 13.2 Å². The van der Waals surface area contributed by atoms with E-state index in [1.165, 1.54) is 0 Å². The first-order valence-electron chi connectivity index (χ1n) is 9.71. The van der Waals surface area contributed by atoms with Gasteiger partial charge < -0.3 is 14.2 Å². The highest BCUT2D eigenvalue weighted by Gasteiger charge is 2.34. The number of aromatic nitrogens is 2. The molecular formula is C22H22ClN3O3. The third-order valence-corrected chi connectivity index (χ3v) is 5.09. The van der Waals surface area contributed by atoms with Crippen molar-refractivity contribution in [2.45, 2.75) is 32.2 Å². The number of likely N-dealkylation sites (tertiary alicyclic amines) is 1. The van der Waals surface area contributed by atoms with Gasteiger partial charge in [0, 0.05) is 30.1 Å². The van der Waals surface area contributed by atoms with Crippen LogP contribution >= 0.6 is 11.6 Å². The molecule has 0 radical (unpaired) electrons. The van der Waals surface area contributed by atoms with Crippen molar-refractivity contribution in [3.8, 4) is 17.1 Å². The Kier molecular flexibility index (Phi) is 5.81. The van der Waals surface area contributed by atoms with Gasteiger partial charge in [0.15, 0.2) is 0 Å². The lowest BCUT2D eigenvalue weighted by molar-refractivity contribution is -0.128. The number of halogens is 1. The number of benzene rings is 2. The minimum absolute atomic E-state index is 0.0869. The molecule has 29 heavy (non-hydrogen) atoms. The summed E-state index contributed by atoms with van der Waals surface area (Å²) in [5.41, 5.74) is 1.85. The molecule has 150 valence electrons. The van der Waals surface area contributed by atoms with Crippen molar-refractivity contribution >= 4 is 17.5 Å². The Morgan fingerprint density at radius 1 is 1.24 bits per heavy atom. The van der Waals surface area contributed by atoms with Crippen molar-refractivity contribution in [3.05, 3.63) is 65.0 Å². The monoisotopic (exact) mass is 411 g/mol. The zero-order chi connectivity index (χ0) is 20.2. The van der Waals surface area contributed by atoms with Gasteiger partial charge in [0.1, 0.15) is 5.75 Å². The number of rotatable bonds is 7. The number of carbonyl (C=O) groups is 1. The summed E-state index contributed by atoms with van der Waals surface area (Å²) in [6, 6.07) is 15.2. The molecule has 1 unspecified atom stereocenters. The van der Waals surface area contributed by atoms with Gasteiger partial charge in [-0.05, 0) is 36.2 Å². The van der Waals surface area contributed by atoms with Crippen LogP contribution in [-0.2, 0) is 11.3 Å². The van der Waals surface area contributed by atoms with E-state index in [0.29, 0.717) is 42.9 Å². The van der Waals surface area contributed by atoms with Crippen LogP contribution in [0, 0.1) is 0 Å². The molecule has 2 heterocycles. The fourth-order valence-electron chi connectivity index (χ4n) is 3.37. The number of hydrogen-bond donors (Lipinski definition) is 0. The molecule has 1 amide bonds. The van der Waals surface area contributed by atoms with Crippen molar-refractivity contribution in [3.63, 3.8) is 0 Å². The van der Waals surface area contributed by atoms with Gasteiger partial charge in [-0.25, -0.2) is 0 Å². The van der Waals surface area contributed by atoms with Crippen molar-refractivity contribution in [1.82, 2.24) is 15.0 Å². The smallest absolute Gasteiger partial charge is 0.232 e. The molecule has 2 aromatic carbocycles. The highest BCUT2D eigenvalue weighted by molar-refractivity contribution is 6.30. The Bertz CT molecular complexity index is 987. The molecule has 6 nitrogen and oxygen atoms in total. The molecule has 0 N–H and O–H groups in total. The van der Waals surface area contributed by atoms with E-state index < -0.39 is 0 Å². The molecule has 0 bridgehead atoms. The van der Waals surface area contributed by atoms with Gasteiger partial charge in [0.05, 0.1) is 12.5 Å². The van der Waals surface area contributed by atoms with E-state index in [1.807, 2.05) is 41.3 Å². The molecule has 1 aliphatic rings. The molecule has 0 aliphatic carbocycles. The first kappa shape index (κ1) is 19.5. The van der Waals surface area contributed by atoms with Gasteiger partial charge in [-0.1, -0.05) is 47.9 Å². The van der Waals surface area contributed by atoms with E-state index in [4.69, 9.17) is 20.9 Å². The maximum absolute atomic E-state index is 12.5. The zero-order valence-corrected chi connectivity index (χ0v) is 16.9. The van der Waals surface area contributed by atoms with Crippen LogP contribution in [0.4, 0.5) is 0 Å². The summed E-state index contributed by atoms with van der Waals surface area (Å²) < 4.78 is 11.0. The quantitative estimate of drug-likeness (QED) is 0.563. The fraction of sp³-hybridized carbons (Fsp3) is 0.318. The Morgan fingerprint density at radius 3 is 2.83 bits per heavy atom. The number of nitrogens with zero attached hydrogens (tertiary/aromatic N) is 3. The Hall–Kier alpha value is -2.86. The molecule has 0 saturated carbocycles. The highest BCUT2D eigenvalue weighted by atomic mass is 35.5. The maximum atomic E-state index is 12.5. The molecule has 4 rings (SSSR count). The SMILES string of the molecule is CCCOc1ccc(CN2CC(c3nc(-c4cccc(Cl)c4)no3)CC2=O)cc1. The van der Waals surface area contributed by atoms with Crippen molar-refractivity contribution < 1.29 is 14.1 Å². The third kappa shape index (κ3) is 4.59. The number of amides is 1. The zero-order valence-electron chi connectivity index (χ0n) is 16.2. The largest absolute Gasteiger partial charge is 0.494 e. The van der Waals surface area contributed by atoms with E-state index in [0.717, 1.165) is 23.3 Å². The maximum Gasteiger partial charge on any atom is 0.232 e. The average Bonchev–Trinajstić information content (AvgIpc) is 3.35. The first-order valence-corrected chi connectivity index (χ1v) is 10.1. The van der Waals surface area contributed by atoms with Gasteiger partial charge in [-0.15, -0.1) is 0 Å². The second-order valence-corrected chi connectivity index (χ2v) is 7.57. The molecule has 0 spiro atoms. The lowest BCUT2D eigenvalue weighted by Gasteiger charge is -2.16. The summed E-state index contributed by atoms with van der Waals surface area (Å²) in [7, 11) is 0. The van der Waals surface area contributed by atoms with Crippen LogP contribution in [0.2, 0.25) is 5.02 Å². The Morgan fingerprint density at radius 2 is 2.07 bits per heavy atom. The van der Waals surface area contributed by atoms with Crippen LogP contribution in [0.25, 0.3) is 11.4 Å². The van der Waals surface area contributed by atoms with Gasteiger partial charge >= 0.3 is 0 Å². The molecular weight excluding hydrogens is 390 g/mol. The summed E-state index contributed by atoms with van der Waals surface area (Å²) in [5, 5.41) is 4.67. The number of hydrogen-bond acceptors (Lipinski definition) is 5. The summed E-state index contributed by atoms with van der Waals surface area (Å²) in [6.07, 6.45) is 1.34. The predicted octanol–water partition coefficient (Wildman–Crippen LogP) is 4.69. The van der Waals surface area contributed by atoms with Crippen LogP contribution in [0.15, 0.2) is 53.1 Å². The second kappa shape index (κ2) is 8.66. The second-order valence-electron chi connectivity index (χ2n) is 7.13. The summed E-state index contributed by atoms with van der Waals surface area (Å²) in [6.45, 7) is 3.89. The lowest BCUT2D eigenvalue weighted by Crippen LogP contribution is -2.24. The Balaban J connectivity index is 1.40. The van der Waals surface area contributed by atoms with Gasteiger partial charge in [0.25, 0.3) is 0 Å². The van der Waals surface area contributed by atoms with Gasteiger partial charge in [-0.2, -0.15) is 4.98 Å². The van der Waals surface area contributed by atoms with E-state index in [-0.39, 0.29) is 11.8 Å². The standard InChI is InChI=1S/C22H22ClN3O3/c1-2-10-28-19-8-6-15(7-9-19)13-26-14-17(12-20(26)27)22-24-21(25-29-22)16-4-3-5-18(23)11-16/h3-9,11,17H,2,10,12-14H2,1H3. The summed E-state index contributed by atoms with van der Waals surface area (Å²) in [5.74, 6) is 1.80. The first-order chi connectivity index (χ1) is 14.1. The van der Waals surface area contributed by atoms with Gasteiger partial charge in [-0.3, -0.25) is 4.79 Å². The topological polar surface area (TPSA) is 68.5 Å². The molecule has 3 aromatic rings. The van der Waals surface area contributed by atoms with Crippen LogP contribution in [-0.4, -0.2) is 34.1 Å². The van der Waals surface area contributed by atoms with Crippen LogP contribution in [0.1, 0.15) is 37.1 Å². The normalized spacial score (nSPS) is 16.4. The lowest BCUT2D eigenvalue weighted by atomic mass is 10.1. The predicted molar refractivity (Wildman–Crippen MR) is 110 cm³/mol. The van der Waals surface area contributed by atoms with E-state index in [1.54, 1.807) is 12.1 Å². The molecule has 1 fully saturated rings. The van der Waals surface area contributed by atoms with E-state index >= 15 is 0 Å².